The van der Waals surface area contributed by atoms with Gasteiger partial charge in [-0.25, -0.2) is 8.42 Å². The molecule has 0 radical (unpaired) electrons. The zero-order valence-corrected chi connectivity index (χ0v) is 10.1. The Balaban J connectivity index is 2.24. The molecule has 0 bridgehead atoms. The van der Waals surface area contributed by atoms with Gasteiger partial charge in [0.2, 0.25) is 0 Å². The van der Waals surface area contributed by atoms with E-state index in [1.165, 1.54) is 0 Å². The Morgan fingerprint density at radius 1 is 1.31 bits per heavy atom. The maximum atomic E-state index is 12.0. The maximum absolute atomic E-state index is 12.0. The lowest BCUT2D eigenvalue weighted by Gasteiger charge is -2.25. The molecule has 3 nitrogen and oxygen atoms in total. The van der Waals surface area contributed by atoms with Gasteiger partial charge in [0.05, 0.1) is 10.6 Å². The topological polar surface area (TPSA) is 46.2 Å². The molecule has 0 saturated heterocycles. The first-order chi connectivity index (χ1) is 7.58. The Hall–Kier alpha value is -1.03. The van der Waals surface area contributed by atoms with Crippen LogP contribution >= 0.6 is 0 Å². The Morgan fingerprint density at radius 2 is 2.12 bits per heavy atom. The van der Waals surface area contributed by atoms with Crippen molar-refractivity contribution in [3.63, 3.8) is 0 Å². The lowest BCUT2D eigenvalue weighted by Crippen LogP contribution is -2.23. The van der Waals surface area contributed by atoms with Crippen molar-refractivity contribution in [2.24, 2.45) is 0 Å². The van der Waals surface area contributed by atoms with Crippen LogP contribution in [-0.2, 0) is 22.7 Å². The van der Waals surface area contributed by atoms with Crippen LogP contribution in [0, 0.1) is 0 Å². The standard InChI is InChI=1S/C12H15NO2S/c1-8-2-4-10-11(13-8)5-3-9-6-7-16(14,15)12(9)10/h3,5,8,13H,2,4,6-7H2,1H3. The molecule has 0 saturated carbocycles. The molecule has 2 heterocycles. The zero-order chi connectivity index (χ0) is 11.3. The van der Waals surface area contributed by atoms with Gasteiger partial charge in [0.15, 0.2) is 9.84 Å². The van der Waals surface area contributed by atoms with E-state index in [0.29, 0.717) is 17.4 Å². The highest BCUT2D eigenvalue weighted by molar-refractivity contribution is 7.91. The van der Waals surface area contributed by atoms with Gasteiger partial charge in [-0.05, 0) is 43.4 Å². The van der Waals surface area contributed by atoms with E-state index in [4.69, 9.17) is 0 Å². The van der Waals surface area contributed by atoms with Crippen molar-refractivity contribution in [1.29, 1.82) is 0 Å². The summed E-state index contributed by atoms with van der Waals surface area (Å²) in [5.74, 6) is 0.286. The number of fused-ring (bicyclic) bond motifs is 3. The molecule has 0 aliphatic carbocycles. The lowest BCUT2D eigenvalue weighted by atomic mass is 9.96. The second kappa shape index (κ2) is 3.23. The molecule has 1 aromatic rings. The zero-order valence-electron chi connectivity index (χ0n) is 9.29. The van der Waals surface area contributed by atoms with Gasteiger partial charge in [-0.1, -0.05) is 6.07 Å². The highest BCUT2D eigenvalue weighted by Gasteiger charge is 2.31. The number of sulfone groups is 1. The van der Waals surface area contributed by atoms with E-state index >= 15 is 0 Å². The Morgan fingerprint density at radius 3 is 2.94 bits per heavy atom. The summed E-state index contributed by atoms with van der Waals surface area (Å²) < 4.78 is 24.0. The summed E-state index contributed by atoms with van der Waals surface area (Å²) >= 11 is 0. The molecule has 0 spiro atoms. The summed E-state index contributed by atoms with van der Waals surface area (Å²) in [6.07, 6.45) is 2.57. The van der Waals surface area contributed by atoms with Crippen molar-refractivity contribution in [3.8, 4) is 0 Å². The minimum Gasteiger partial charge on any atom is -0.382 e. The van der Waals surface area contributed by atoms with Gasteiger partial charge in [-0.3, -0.25) is 0 Å². The van der Waals surface area contributed by atoms with E-state index in [9.17, 15) is 8.42 Å². The van der Waals surface area contributed by atoms with Gasteiger partial charge in [0.25, 0.3) is 0 Å². The van der Waals surface area contributed by atoms with Gasteiger partial charge >= 0.3 is 0 Å². The quantitative estimate of drug-likeness (QED) is 0.748. The predicted octanol–water partition coefficient (Wildman–Crippen LogP) is 1.76. The minimum atomic E-state index is -3.00. The summed E-state index contributed by atoms with van der Waals surface area (Å²) in [5, 5.41) is 3.36. The van der Waals surface area contributed by atoms with Crippen molar-refractivity contribution in [3.05, 3.63) is 23.3 Å². The molecule has 1 aromatic carbocycles. The molecule has 1 unspecified atom stereocenters. The van der Waals surface area contributed by atoms with Crippen molar-refractivity contribution in [1.82, 2.24) is 0 Å². The number of rotatable bonds is 0. The molecule has 86 valence electrons. The van der Waals surface area contributed by atoms with Gasteiger partial charge in [0, 0.05) is 11.7 Å². The highest BCUT2D eigenvalue weighted by atomic mass is 32.2. The van der Waals surface area contributed by atoms with Crippen LogP contribution in [0.4, 0.5) is 5.69 Å². The van der Waals surface area contributed by atoms with Crippen molar-refractivity contribution < 1.29 is 8.42 Å². The first-order valence-electron chi connectivity index (χ1n) is 5.72. The Labute approximate surface area is 95.8 Å². The molecule has 2 aliphatic rings. The average molecular weight is 237 g/mol. The second-order valence-corrected chi connectivity index (χ2v) is 6.78. The highest BCUT2D eigenvalue weighted by Crippen LogP contribution is 2.37. The van der Waals surface area contributed by atoms with E-state index in [2.05, 4.69) is 12.2 Å². The molecule has 3 rings (SSSR count). The molecule has 1 N–H and O–H groups in total. The van der Waals surface area contributed by atoms with Crippen LogP contribution in [0.5, 0.6) is 0 Å². The van der Waals surface area contributed by atoms with Crippen LogP contribution in [0.1, 0.15) is 24.5 Å². The fraction of sp³-hybridized carbons (Fsp3) is 0.500. The summed E-state index contributed by atoms with van der Waals surface area (Å²) in [5.41, 5.74) is 3.05. The van der Waals surface area contributed by atoms with Crippen LogP contribution < -0.4 is 5.32 Å². The van der Waals surface area contributed by atoms with Crippen LogP contribution in [0.25, 0.3) is 0 Å². The van der Waals surface area contributed by atoms with E-state index in [1.54, 1.807) is 0 Å². The monoisotopic (exact) mass is 237 g/mol. The molecule has 0 amide bonds. The summed E-state index contributed by atoms with van der Waals surface area (Å²) in [6.45, 7) is 2.13. The lowest BCUT2D eigenvalue weighted by molar-refractivity contribution is 0.597. The van der Waals surface area contributed by atoms with Gasteiger partial charge in [-0.15, -0.1) is 0 Å². The summed E-state index contributed by atoms with van der Waals surface area (Å²) in [7, 11) is -3.00. The molecular formula is C12H15NO2S. The average Bonchev–Trinajstić information content (AvgIpc) is 2.55. The van der Waals surface area contributed by atoms with Crippen LogP contribution in [0.3, 0.4) is 0 Å². The second-order valence-electron chi connectivity index (χ2n) is 4.73. The fourth-order valence-electron chi connectivity index (χ4n) is 2.69. The molecule has 4 heteroatoms. The van der Waals surface area contributed by atoms with E-state index in [-0.39, 0.29) is 5.75 Å². The number of aryl methyl sites for hydroxylation is 1. The van der Waals surface area contributed by atoms with Crippen LogP contribution in [0.15, 0.2) is 17.0 Å². The molecule has 0 aromatic heterocycles. The van der Waals surface area contributed by atoms with Crippen LogP contribution in [0.2, 0.25) is 0 Å². The maximum Gasteiger partial charge on any atom is 0.179 e. The molecule has 1 atom stereocenters. The van der Waals surface area contributed by atoms with Gasteiger partial charge in [0.1, 0.15) is 0 Å². The van der Waals surface area contributed by atoms with Gasteiger partial charge in [-0.2, -0.15) is 0 Å². The summed E-state index contributed by atoms with van der Waals surface area (Å²) in [4.78, 5) is 0.629. The fourth-order valence-corrected chi connectivity index (χ4v) is 4.54. The third-order valence-corrected chi connectivity index (χ3v) is 5.39. The normalized spacial score (nSPS) is 25.7. The number of benzene rings is 1. The molecular weight excluding hydrogens is 222 g/mol. The largest absolute Gasteiger partial charge is 0.382 e. The smallest absolute Gasteiger partial charge is 0.179 e. The predicted molar refractivity (Wildman–Crippen MR) is 63.6 cm³/mol. The number of hydrogen-bond acceptors (Lipinski definition) is 3. The minimum absolute atomic E-state index is 0.286. The third-order valence-electron chi connectivity index (χ3n) is 3.52. The third kappa shape index (κ3) is 1.36. The summed E-state index contributed by atoms with van der Waals surface area (Å²) in [6, 6.07) is 4.43. The first kappa shape index (κ1) is 10.1. The van der Waals surface area contributed by atoms with Crippen molar-refractivity contribution in [2.75, 3.05) is 11.1 Å². The molecule has 2 aliphatic heterocycles. The SMILES string of the molecule is CC1CCc2c(ccc3c2S(=O)(=O)CC3)N1. The number of hydrogen-bond donors (Lipinski definition) is 1. The molecule has 16 heavy (non-hydrogen) atoms. The van der Waals surface area contributed by atoms with Crippen molar-refractivity contribution in [2.45, 2.75) is 37.1 Å². The van der Waals surface area contributed by atoms with Crippen LogP contribution in [-0.4, -0.2) is 20.2 Å². The van der Waals surface area contributed by atoms with E-state index < -0.39 is 9.84 Å². The Bertz CT molecular complexity index is 548. The number of anilines is 1. The Kier molecular flexibility index (Phi) is 2.05. The first-order valence-corrected chi connectivity index (χ1v) is 7.37. The van der Waals surface area contributed by atoms with E-state index in [1.807, 2.05) is 12.1 Å². The van der Waals surface area contributed by atoms with E-state index in [0.717, 1.165) is 29.7 Å². The molecule has 0 fully saturated rings. The van der Waals surface area contributed by atoms with Crippen molar-refractivity contribution >= 4 is 15.5 Å². The van der Waals surface area contributed by atoms with Gasteiger partial charge < -0.3 is 5.32 Å². The number of nitrogens with one attached hydrogen (secondary N) is 1.